The second kappa shape index (κ2) is 15.1. The third-order valence-corrected chi connectivity index (χ3v) is 5.64. The molecule has 0 radical (unpaired) electrons. The highest BCUT2D eigenvalue weighted by molar-refractivity contribution is 7.95. The maximum atomic E-state index is 13.5. The summed E-state index contributed by atoms with van der Waals surface area (Å²) in [5, 5.41) is 9.91. The van der Waals surface area contributed by atoms with Gasteiger partial charge in [0.15, 0.2) is 0 Å². The average molecular weight is 570 g/mol. The van der Waals surface area contributed by atoms with Crippen LogP contribution in [0.5, 0.6) is 0 Å². The summed E-state index contributed by atoms with van der Waals surface area (Å²) in [5.41, 5.74) is 0. The lowest BCUT2D eigenvalue weighted by molar-refractivity contribution is -0.432. The number of esters is 2. The van der Waals surface area contributed by atoms with Crippen LogP contribution in [0.4, 0.5) is 39.5 Å². The summed E-state index contributed by atoms with van der Waals surface area (Å²) in [7, 11) is 0. The van der Waals surface area contributed by atoms with E-state index < -0.39 is 67.0 Å². The Hall–Kier alpha value is -1.46. The van der Waals surface area contributed by atoms with Gasteiger partial charge in [0.2, 0.25) is 0 Å². The summed E-state index contributed by atoms with van der Waals surface area (Å²) < 4.78 is 129. The number of halogens is 9. The van der Waals surface area contributed by atoms with Gasteiger partial charge in [-0.05, 0) is 18.8 Å². The first-order valence-corrected chi connectivity index (χ1v) is 11.4. The molecule has 0 aromatic carbocycles. The maximum Gasteiger partial charge on any atom is 0.460 e. The lowest BCUT2D eigenvalue weighted by Crippen LogP contribution is -2.60. The van der Waals surface area contributed by atoms with Crippen LogP contribution in [0.3, 0.4) is 0 Å². The molecule has 2 unspecified atom stereocenters. The molecular formula is C19H27F9O7S. The Bertz CT molecular complexity index is 678. The molecule has 0 aliphatic heterocycles. The van der Waals surface area contributed by atoms with Gasteiger partial charge in [-0.3, -0.25) is 9.59 Å². The zero-order valence-corrected chi connectivity index (χ0v) is 20.0. The smallest absolute Gasteiger partial charge is 0.460 e. The van der Waals surface area contributed by atoms with Crippen molar-refractivity contribution in [3.8, 4) is 0 Å². The van der Waals surface area contributed by atoms with Crippen molar-refractivity contribution in [3.63, 3.8) is 0 Å². The molecule has 7 nitrogen and oxygen atoms in total. The van der Waals surface area contributed by atoms with Crippen molar-refractivity contribution >= 4 is 24.0 Å². The van der Waals surface area contributed by atoms with Crippen molar-refractivity contribution in [2.24, 2.45) is 5.92 Å². The Morgan fingerprint density at radius 1 is 0.917 bits per heavy atom. The molecule has 214 valence electrons. The summed E-state index contributed by atoms with van der Waals surface area (Å²) in [4.78, 5) is 24.1. The summed E-state index contributed by atoms with van der Waals surface area (Å²) in [6.45, 7) is 2.77. The summed E-state index contributed by atoms with van der Waals surface area (Å²) in [5.74, 6) is -21.8. The van der Waals surface area contributed by atoms with E-state index >= 15 is 0 Å². The molecule has 0 saturated carbocycles. The number of ether oxygens (including phenoxy) is 2. The second-order valence-corrected chi connectivity index (χ2v) is 8.55. The molecule has 0 aromatic heterocycles. The van der Waals surface area contributed by atoms with Crippen LogP contribution in [0.15, 0.2) is 0 Å². The van der Waals surface area contributed by atoms with Crippen LogP contribution in [0.1, 0.15) is 58.8 Å². The molecule has 17 heteroatoms. The molecule has 0 aromatic rings. The normalized spacial score (nSPS) is 14.9. The Balaban J connectivity index is 4.91. The van der Waals surface area contributed by atoms with Crippen molar-refractivity contribution in [3.05, 3.63) is 0 Å². The lowest BCUT2D eigenvalue weighted by Gasteiger charge is -2.33. The zero-order valence-electron chi connectivity index (χ0n) is 19.2. The molecule has 0 aliphatic rings. The molecule has 0 spiro atoms. The highest BCUT2D eigenvalue weighted by Crippen LogP contribution is 2.54. The second-order valence-electron chi connectivity index (χ2n) is 7.65. The van der Waals surface area contributed by atoms with E-state index in [1.165, 1.54) is 0 Å². The van der Waals surface area contributed by atoms with Gasteiger partial charge in [0.1, 0.15) is 5.25 Å². The number of unbranched alkanes of at least 4 members (excludes halogenated alkanes) is 1. The van der Waals surface area contributed by atoms with Crippen molar-refractivity contribution in [1.29, 1.82) is 0 Å². The summed E-state index contributed by atoms with van der Waals surface area (Å²) in [6.07, 6.45) is -7.80. The van der Waals surface area contributed by atoms with Crippen LogP contribution in [0, 0.1) is 5.92 Å². The fourth-order valence-corrected chi connectivity index (χ4v) is 3.15. The minimum atomic E-state index is -7.02. The first-order chi connectivity index (χ1) is 16.5. The van der Waals surface area contributed by atoms with E-state index in [0.717, 1.165) is 19.3 Å². The molecule has 0 saturated heterocycles. The summed E-state index contributed by atoms with van der Waals surface area (Å²) >= 11 is 0.0459. The first kappa shape index (κ1) is 34.5. The number of hydrogen-bond acceptors (Lipinski definition) is 8. The fourth-order valence-electron chi connectivity index (χ4n) is 2.67. The Morgan fingerprint density at radius 3 is 2.03 bits per heavy atom. The number of rotatable bonds is 18. The molecule has 0 fully saturated rings. The van der Waals surface area contributed by atoms with Gasteiger partial charge < -0.3 is 9.47 Å². The van der Waals surface area contributed by atoms with Gasteiger partial charge >= 0.3 is 35.9 Å². The van der Waals surface area contributed by atoms with Gasteiger partial charge in [0.05, 0.1) is 31.7 Å². The number of hydrogen-bond donors (Lipinski definition) is 1. The zero-order chi connectivity index (χ0) is 28.2. The molecule has 0 aliphatic carbocycles. The van der Waals surface area contributed by atoms with E-state index in [1.54, 1.807) is 0 Å². The van der Waals surface area contributed by atoms with Crippen molar-refractivity contribution in [1.82, 2.24) is 0 Å². The van der Waals surface area contributed by atoms with Gasteiger partial charge in [0.25, 0.3) is 0 Å². The predicted molar refractivity (Wildman–Crippen MR) is 106 cm³/mol. The van der Waals surface area contributed by atoms with Gasteiger partial charge in [-0.2, -0.15) is 39.5 Å². The van der Waals surface area contributed by atoms with E-state index in [4.69, 9.17) is 9.99 Å². The molecule has 0 amide bonds. The highest BCUT2D eigenvalue weighted by Gasteiger charge is 2.81. The lowest BCUT2D eigenvalue weighted by atomic mass is 10.00. The van der Waals surface area contributed by atoms with E-state index in [-0.39, 0.29) is 24.6 Å². The molecule has 0 bridgehead atoms. The van der Waals surface area contributed by atoms with Crippen molar-refractivity contribution in [2.75, 3.05) is 13.2 Å². The maximum absolute atomic E-state index is 13.5. The number of carbonyl (C=O) groups is 2. The fraction of sp³-hybridized carbons (Fsp3) is 0.895. The van der Waals surface area contributed by atoms with E-state index in [2.05, 4.69) is 14.1 Å². The third-order valence-electron chi connectivity index (χ3n) is 4.91. The average Bonchev–Trinajstić information content (AvgIpc) is 2.78. The third kappa shape index (κ3) is 10.1. The largest absolute Gasteiger partial charge is 0.465 e. The Labute approximate surface area is 205 Å². The van der Waals surface area contributed by atoms with E-state index in [0.29, 0.717) is 6.42 Å². The SMILES string of the molecule is CCCCC(CC)COC(=O)CC(SOOO)C(=O)OCCCC(F)(F)C(F)(F)C(F)(F)C(F)(F)F. The molecular weight excluding hydrogens is 543 g/mol. The van der Waals surface area contributed by atoms with E-state index in [1.807, 2.05) is 13.8 Å². The Kier molecular flexibility index (Phi) is 14.5. The minimum Gasteiger partial charge on any atom is -0.465 e. The molecule has 36 heavy (non-hydrogen) atoms. The van der Waals surface area contributed by atoms with Crippen molar-refractivity contribution < 1.29 is 73.2 Å². The predicted octanol–water partition coefficient (Wildman–Crippen LogP) is 6.37. The summed E-state index contributed by atoms with van der Waals surface area (Å²) in [6, 6.07) is 0. The van der Waals surface area contributed by atoms with Gasteiger partial charge in [0, 0.05) is 6.42 Å². The van der Waals surface area contributed by atoms with Crippen LogP contribution in [0.25, 0.3) is 0 Å². The standard InChI is InChI=1S/C19H27F9O7S/c1-3-5-7-12(4-2)11-33-14(29)10-13(36-35-34-31)15(30)32-9-6-8-16(20,21)17(22,23)18(24,25)19(26,27)28/h12-13,31H,3-11H2,1-2H3. The van der Waals surface area contributed by atoms with Gasteiger partial charge in [-0.15, -0.1) is 4.33 Å². The van der Waals surface area contributed by atoms with Crippen LogP contribution in [0.2, 0.25) is 0 Å². The Morgan fingerprint density at radius 2 is 1.53 bits per heavy atom. The van der Waals surface area contributed by atoms with Crippen LogP contribution < -0.4 is 0 Å². The molecule has 0 rings (SSSR count). The number of alkyl halides is 9. The van der Waals surface area contributed by atoms with Gasteiger partial charge in [-0.25, -0.2) is 5.26 Å². The van der Waals surface area contributed by atoms with Gasteiger partial charge in [-0.1, -0.05) is 38.1 Å². The molecule has 2 atom stereocenters. The van der Waals surface area contributed by atoms with Crippen LogP contribution in [-0.4, -0.2) is 59.6 Å². The molecule has 1 N–H and O–H groups in total. The topological polar surface area (TPSA) is 91.3 Å². The quantitative estimate of drug-likeness (QED) is 0.0508. The molecule has 0 heterocycles. The monoisotopic (exact) mass is 570 g/mol. The minimum absolute atomic E-state index is 0.0327. The van der Waals surface area contributed by atoms with Crippen molar-refractivity contribution in [2.45, 2.75) is 88.0 Å². The van der Waals surface area contributed by atoms with Crippen LogP contribution in [-0.2, 0) is 28.4 Å². The highest BCUT2D eigenvalue weighted by atomic mass is 32.2. The van der Waals surface area contributed by atoms with Crippen LogP contribution >= 0.6 is 12.0 Å². The number of carbonyl (C=O) groups excluding carboxylic acids is 2. The van der Waals surface area contributed by atoms with E-state index in [9.17, 15) is 49.1 Å². The first-order valence-electron chi connectivity index (χ1n) is 10.6.